The molecule has 0 saturated heterocycles. The van der Waals surface area contributed by atoms with Gasteiger partial charge in [0, 0.05) is 0 Å². The molecule has 0 aliphatic heterocycles. The molecule has 0 aromatic heterocycles. The summed E-state index contributed by atoms with van der Waals surface area (Å²) < 4.78 is 14.1. The van der Waals surface area contributed by atoms with Gasteiger partial charge in [0.25, 0.3) is 0 Å². The lowest BCUT2D eigenvalue weighted by atomic mass is 10.2. The maximum atomic E-state index is 9.58. The Morgan fingerprint density at radius 2 is 2.12 bits per heavy atom. The molecule has 0 heterocycles. The fourth-order valence-corrected chi connectivity index (χ4v) is 0.539. The van der Waals surface area contributed by atoms with Gasteiger partial charge in [-0.2, -0.15) is 0 Å². The van der Waals surface area contributed by atoms with Crippen LogP contribution in [-0.4, -0.2) is 29.7 Å². The van der Waals surface area contributed by atoms with Gasteiger partial charge in [0.05, 0.1) is 6.61 Å². The van der Waals surface area contributed by atoms with Crippen molar-refractivity contribution >= 4 is 31.7 Å². The highest BCUT2D eigenvalue weighted by atomic mass is 31.1. The van der Waals surface area contributed by atoms with E-state index in [2.05, 4.69) is 4.52 Å². The molecule has 0 atom stereocenters. The summed E-state index contributed by atoms with van der Waals surface area (Å²) >= 11 is 0. The third kappa shape index (κ3) is 9.95. The van der Waals surface area contributed by atoms with Gasteiger partial charge in [-0.05, 0) is 5.92 Å². The molecule has 0 saturated carbocycles. The maximum absolute atomic E-state index is 9.58. The molecule has 0 aromatic carbocycles. The van der Waals surface area contributed by atoms with E-state index in [1.54, 1.807) is 0 Å². The first kappa shape index (κ1) is 11.6. The van der Waals surface area contributed by atoms with Gasteiger partial charge in [0.15, 0.2) is 0 Å². The summed E-state index contributed by atoms with van der Waals surface area (Å²) in [6, 6.07) is 0. The summed E-state index contributed by atoms with van der Waals surface area (Å²) in [6.07, 6.45) is 0. The first-order valence-corrected chi connectivity index (χ1v) is 2.95. The zero-order valence-corrected chi connectivity index (χ0v) is 5.44. The van der Waals surface area contributed by atoms with Gasteiger partial charge in [-0.25, -0.2) is 4.57 Å². The van der Waals surface area contributed by atoms with Crippen LogP contribution in [0.15, 0.2) is 0 Å². The summed E-state index contributed by atoms with van der Waals surface area (Å²) in [5.74, 6) is 0.474. The predicted octanol–water partition coefficient (Wildman–Crippen LogP) is 0.949. The topological polar surface area (TPSA) is 26.3 Å². The van der Waals surface area contributed by atoms with Crippen LogP contribution < -0.4 is 0 Å². The minimum Gasteiger partial charge on any atom is -0.294 e. The molecular weight excluding hydrogens is 135 g/mol. The monoisotopic (exact) mass is 146 g/mol. The van der Waals surface area contributed by atoms with Crippen molar-refractivity contribution in [3.63, 3.8) is 0 Å². The van der Waals surface area contributed by atoms with Crippen molar-refractivity contribution in [1.29, 1.82) is 0 Å². The average Bonchev–Trinajstić information content (AvgIpc) is 1.61. The molecule has 0 bridgehead atoms. The molecule has 0 fully saturated rings. The van der Waals surface area contributed by atoms with Crippen molar-refractivity contribution in [1.82, 2.24) is 0 Å². The highest BCUT2D eigenvalue weighted by molar-refractivity contribution is 7.17. The van der Waals surface area contributed by atoms with Gasteiger partial charge in [-0.1, -0.05) is 13.8 Å². The van der Waals surface area contributed by atoms with Crippen LogP contribution in [0.2, 0.25) is 0 Å². The molecule has 0 radical (unpaired) electrons. The molecule has 0 aromatic rings. The molecule has 0 unspecified atom stereocenters. The third-order valence-electron chi connectivity index (χ3n) is 0.461. The quantitative estimate of drug-likeness (QED) is 0.438. The highest BCUT2D eigenvalue weighted by Gasteiger charge is 1.89. The molecule has 0 rings (SSSR count). The second kappa shape index (κ2) is 7.83. The largest absolute Gasteiger partial charge is 0.327 e. The molecule has 0 N–H and O–H groups in total. The summed E-state index contributed by atoms with van der Waals surface area (Å²) in [5.41, 5.74) is 0. The smallest absolute Gasteiger partial charge is 0.294 e. The van der Waals surface area contributed by atoms with Crippen LogP contribution in [0.25, 0.3) is 0 Å². The second-order valence-corrected chi connectivity index (χ2v) is 2.17. The summed E-state index contributed by atoms with van der Waals surface area (Å²) in [6.45, 7) is 4.58. The standard InChI is InChI=1S/C4H9O2P.Mg.2H/c1-4(2)3-6-7-5;;;/h4H,3H2,1-2H3;;;. The average molecular weight is 146 g/mol. The lowest BCUT2D eigenvalue weighted by Crippen LogP contribution is -1.93. The minimum absolute atomic E-state index is 0. The fraction of sp³-hybridized carbons (Fsp3) is 1.00. The van der Waals surface area contributed by atoms with Gasteiger partial charge in [-0.3, -0.25) is 4.52 Å². The molecular formula is C4H11MgO2P. The molecule has 0 aliphatic rings. The maximum Gasteiger partial charge on any atom is 0.327 e. The first-order chi connectivity index (χ1) is 3.27. The normalized spacial score (nSPS) is 9.38. The lowest BCUT2D eigenvalue weighted by Gasteiger charge is -1.95. The van der Waals surface area contributed by atoms with Gasteiger partial charge in [0.2, 0.25) is 0 Å². The van der Waals surface area contributed by atoms with E-state index in [4.69, 9.17) is 0 Å². The highest BCUT2D eigenvalue weighted by Crippen LogP contribution is 1.99. The molecule has 2 nitrogen and oxygen atoms in total. The van der Waals surface area contributed by atoms with E-state index >= 15 is 0 Å². The minimum atomic E-state index is -0.210. The fourth-order valence-electron chi connectivity index (χ4n) is 0.180. The molecule has 0 aliphatic carbocycles. The Balaban J connectivity index is 0. The van der Waals surface area contributed by atoms with Crippen molar-refractivity contribution in [2.24, 2.45) is 5.92 Å². The van der Waals surface area contributed by atoms with Crippen LogP contribution >= 0.6 is 8.69 Å². The van der Waals surface area contributed by atoms with Crippen molar-refractivity contribution < 1.29 is 9.09 Å². The van der Waals surface area contributed by atoms with Crippen LogP contribution in [-0.2, 0) is 9.09 Å². The van der Waals surface area contributed by atoms with Crippen molar-refractivity contribution in [3.05, 3.63) is 0 Å². The number of hydrogen-bond acceptors (Lipinski definition) is 2. The summed E-state index contributed by atoms with van der Waals surface area (Å²) in [4.78, 5) is 0. The molecule has 0 amide bonds. The van der Waals surface area contributed by atoms with Crippen LogP contribution in [0.4, 0.5) is 0 Å². The van der Waals surface area contributed by atoms with E-state index in [9.17, 15) is 4.57 Å². The Kier molecular flexibility index (Phi) is 11.3. The van der Waals surface area contributed by atoms with Crippen molar-refractivity contribution in [2.45, 2.75) is 13.8 Å². The van der Waals surface area contributed by atoms with Crippen LogP contribution in [0.1, 0.15) is 13.8 Å². The van der Waals surface area contributed by atoms with E-state index in [1.165, 1.54) is 0 Å². The lowest BCUT2D eigenvalue weighted by molar-refractivity contribution is 0.293. The van der Waals surface area contributed by atoms with E-state index in [1.807, 2.05) is 13.8 Å². The molecule has 4 heteroatoms. The van der Waals surface area contributed by atoms with Gasteiger partial charge in [-0.15, -0.1) is 0 Å². The van der Waals surface area contributed by atoms with Crippen molar-refractivity contribution in [3.8, 4) is 0 Å². The second-order valence-electron chi connectivity index (χ2n) is 1.76. The summed E-state index contributed by atoms with van der Waals surface area (Å²) in [5, 5.41) is 0. The molecule has 0 spiro atoms. The Hall–Kier alpha value is 0.826. The Morgan fingerprint density at radius 3 is 2.25 bits per heavy atom. The van der Waals surface area contributed by atoms with E-state index in [-0.39, 0.29) is 31.7 Å². The SMILES string of the molecule is CC(C)COP=O.[MgH2]. The Bertz CT molecular complexity index is 58.0. The zero-order chi connectivity index (χ0) is 5.70. The predicted molar refractivity (Wildman–Crippen MR) is 36.9 cm³/mol. The van der Waals surface area contributed by atoms with Crippen molar-refractivity contribution in [2.75, 3.05) is 6.61 Å². The zero-order valence-electron chi connectivity index (χ0n) is 4.55. The number of hydrogen-bond donors (Lipinski definition) is 0. The summed E-state index contributed by atoms with van der Waals surface area (Å²) in [7, 11) is -0.210. The van der Waals surface area contributed by atoms with E-state index in [0.29, 0.717) is 12.5 Å². The van der Waals surface area contributed by atoms with Crippen LogP contribution in [0, 0.1) is 5.92 Å². The van der Waals surface area contributed by atoms with Gasteiger partial charge >= 0.3 is 31.7 Å². The van der Waals surface area contributed by atoms with Crippen LogP contribution in [0.3, 0.4) is 0 Å². The van der Waals surface area contributed by atoms with Gasteiger partial charge < -0.3 is 0 Å². The van der Waals surface area contributed by atoms with E-state index in [0.717, 1.165) is 0 Å². The third-order valence-corrected chi connectivity index (χ3v) is 0.715. The molecule has 46 valence electrons. The first-order valence-electron chi connectivity index (χ1n) is 2.22. The Morgan fingerprint density at radius 1 is 1.62 bits per heavy atom. The number of rotatable bonds is 3. The molecule has 8 heavy (non-hydrogen) atoms. The van der Waals surface area contributed by atoms with Crippen LogP contribution in [0.5, 0.6) is 0 Å². The van der Waals surface area contributed by atoms with E-state index < -0.39 is 0 Å². The Labute approximate surface area is 67.4 Å². The van der Waals surface area contributed by atoms with Gasteiger partial charge in [0.1, 0.15) is 0 Å².